The maximum atomic E-state index is 12.3. The zero-order valence-corrected chi connectivity index (χ0v) is 17.0. The number of likely N-dealkylation sites (N-methyl/N-ethyl adjacent to an activating group) is 1. The van der Waals surface area contributed by atoms with Crippen molar-refractivity contribution < 1.29 is 14.3 Å². The standard InChI is InChI=1S/C19H31N3O3S/c1-5-22(14(3)21-19(23)16(20)8-9-26-4)13(2)10-15-6-7-17-18(11-15)25-12-24-17/h6-7,11,13-14,16H,5,8-10,12,20H2,1-4H3,(H,21,23). The lowest BCUT2D eigenvalue weighted by Gasteiger charge is -2.34. The van der Waals surface area contributed by atoms with E-state index >= 15 is 0 Å². The Labute approximate surface area is 160 Å². The van der Waals surface area contributed by atoms with Crippen LogP contribution in [0.25, 0.3) is 0 Å². The largest absolute Gasteiger partial charge is 0.454 e. The van der Waals surface area contributed by atoms with E-state index in [4.69, 9.17) is 15.2 Å². The minimum Gasteiger partial charge on any atom is -0.454 e. The van der Waals surface area contributed by atoms with Crippen molar-refractivity contribution >= 4 is 17.7 Å². The van der Waals surface area contributed by atoms with Gasteiger partial charge in [0.2, 0.25) is 12.7 Å². The molecule has 1 aromatic rings. The second-order valence-corrected chi connectivity index (χ2v) is 7.63. The monoisotopic (exact) mass is 381 g/mol. The first-order valence-corrected chi connectivity index (χ1v) is 10.5. The molecular weight excluding hydrogens is 350 g/mol. The number of nitrogens with one attached hydrogen (secondary N) is 1. The minimum atomic E-state index is -0.451. The topological polar surface area (TPSA) is 76.8 Å². The van der Waals surface area contributed by atoms with Crippen LogP contribution < -0.4 is 20.5 Å². The average Bonchev–Trinajstić information content (AvgIpc) is 3.07. The summed E-state index contributed by atoms with van der Waals surface area (Å²) in [4.78, 5) is 14.6. The molecule has 3 unspecified atom stereocenters. The van der Waals surface area contributed by atoms with Gasteiger partial charge in [-0.25, -0.2) is 0 Å². The van der Waals surface area contributed by atoms with E-state index in [1.54, 1.807) is 11.8 Å². The number of carbonyl (C=O) groups is 1. The Hall–Kier alpha value is -1.44. The van der Waals surface area contributed by atoms with Crippen LogP contribution in [-0.4, -0.2) is 54.4 Å². The number of hydrogen-bond acceptors (Lipinski definition) is 6. The van der Waals surface area contributed by atoms with Gasteiger partial charge in [-0.1, -0.05) is 13.0 Å². The summed E-state index contributed by atoms with van der Waals surface area (Å²) in [5.41, 5.74) is 7.17. The molecule has 1 aliphatic rings. The van der Waals surface area contributed by atoms with Gasteiger partial charge >= 0.3 is 0 Å². The molecule has 2 rings (SSSR count). The van der Waals surface area contributed by atoms with Crippen molar-refractivity contribution in [1.29, 1.82) is 0 Å². The maximum absolute atomic E-state index is 12.3. The molecule has 0 saturated heterocycles. The molecule has 3 atom stereocenters. The highest BCUT2D eigenvalue weighted by molar-refractivity contribution is 7.98. The number of carbonyl (C=O) groups excluding carboxylic acids is 1. The highest BCUT2D eigenvalue weighted by atomic mass is 32.2. The van der Waals surface area contributed by atoms with Crippen molar-refractivity contribution in [3.63, 3.8) is 0 Å². The molecule has 0 fully saturated rings. The summed E-state index contributed by atoms with van der Waals surface area (Å²) in [5.74, 6) is 2.41. The number of benzene rings is 1. The molecule has 0 aromatic heterocycles. The number of hydrogen-bond donors (Lipinski definition) is 2. The Morgan fingerprint density at radius 1 is 1.35 bits per heavy atom. The van der Waals surface area contributed by atoms with Gasteiger partial charge in [0.05, 0.1) is 12.2 Å². The fourth-order valence-corrected chi connectivity index (χ4v) is 3.75. The van der Waals surface area contributed by atoms with Crippen LogP contribution in [0.5, 0.6) is 11.5 Å². The predicted molar refractivity (Wildman–Crippen MR) is 107 cm³/mol. The summed E-state index contributed by atoms with van der Waals surface area (Å²) in [6, 6.07) is 5.87. The van der Waals surface area contributed by atoms with Gasteiger partial charge in [0, 0.05) is 6.04 Å². The van der Waals surface area contributed by atoms with Crippen molar-refractivity contribution in [3.8, 4) is 11.5 Å². The number of fused-ring (bicyclic) bond motifs is 1. The summed E-state index contributed by atoms with van der Waals surface area (Å²) in [5, 5.41) is 3.06. The Morgan fingerprint density at radius 2 is 2.08 bits per heavy atom. The van der Waals surface area contributed by atoms with Crippen molar-refractivity contribution in [2.45, 2.75) is 51.9 Å². The zero-order valence-electron chi connectivity index (χ0n) is 16.2. The van der Waals surface area contributed by atoms with Crippen molar-refractivity contribution in [2.75, 3.05) is 25.3 Å². The van der Waals surface area contributed by atoms with E-state index in [9.17, 15) is 4.79 Å². The third-order valence-corrected chi connectivity index (χ3v) is 5.36. The average molecular weight is 382 g/mol. The molecular formula is C19H31N3O3S. The highest BCUT2D eigenvalue weighted by Crippen LogP contribution is 2.33. The Bertz CT molecular complexity index is 599. The molecule has 1 amide bonds. The van der Waals surface area contributed by atoms with Crippen molar-refractivity contribution in [2.24, 2.45) is 5.73 Å². The van der Waals surface area contributed by atoms with Crippen LogP contribution in [0.4, 0.5) is 0 Å². The maximum Gasteiger partial charge on any atom is 0.238 e. The normalized spacial score (nSPS) is 16.4. The van der Waals surface area contributed by atoms with Crippen LogP contribution >= 0.6 is 11.8 Å². The van der Waals surface area contributed by atoms with E-state index in [1.165, 1.54) is 5.56 Å². The lowest BCUT2D eigenvalue weighted by atomic mass is 10.0. The molecule has 0 saturated carbocycles. The van der Waals surface area contributed by atoms with E-state index in [0.29, 0.717) is 6.42 Å². The van der Waals surface area contributed by atoms with Gasteiger partial charge in [-0.2, -0.15) is 11.8 Å². The van der Waals surface area contributed by atoms with Crippen molar-refractivity contribution in [1.82, 2.24) is 10.2 Å². The fraction of sp³-hybridized carbons (Fsp3) is 0.632. The molecule has 3 N–H and O–H groups in total. The molecule has 0 aliphatic carbocycles. The smallest absolute Gasteiger partial charge is 0.238 e. The first-order chi connectivity index (χ1) is 12.5. The van der Waals surface area contributed by atoms with Gasteiger partial charge in [0.15, 0.2) is 11.5 Å². The molecule has 146 valence electrons. The summed E-state index contributed by atoms with van der Waals surface area (Å²) in [6.07, 6.45) is 3.50. The second kappa shape index (κ2) is 10.0. The first kappa shape index (κ1) is 20.9. The lowest BCUT2D eigenvalue weighted by Crippen LogP contribution is -2.54. The molecule has 6 nitrogen and oxygen atoms in total. The summed E-state index contributed by atoms with van der Waals surface area (Å²) < 4.78 is 10.8. The van der Waals surface area contributed by atoms with Gasteiger partial charge in [-0.3, -0.25) is 9.69 Å². The van der Waals surface area contributed by atoms with Gasteiger partial charge in [0.1, 0.15) is 0 Å². The van der Waals surface area contributed by atoms with Crippen LogP contribution in [-0.2, 0) is 11.2 Å². The van der Waals surface area contributed by atoms with Crippen LogP contribution in [0.1, 0.15) is 32.8 Å². The number of amides is 1. The van der Waals surface area contributed by atoms with Gasteiger partial charge in [-0.05, 0) is 62.9 Å². The van der Waals surface area contributed by atoms with Gasteiger partial charge < -0.3 is 20.5 Å². The van der Waals surface area contributed by atoms with Crippen molar-refractivity contribution in [3.05, 3.63) is 23.8 Å². The first-order valence-electron chi connectivity index (χ1n) is 9.15. The third kappa shape index (κ3) is 5.53. The summed E-state index contributed by atoms with van der Waals surface area (Å²) in [6.45, 7) is 7.41. The second-order valence-electron chi connectivity index (χ2n) is 6.64. The number of nitrogens with zero attached hydrogens (tertiary/aromatic N) is 1. The summed E-state index contributed by atoms with van der Waals surface area (Å²) in [7, 11) is 0. The zero-order chi connectivity index (χ0) is 19.1. The Morgan fingerprint density at radius 3 is 2.77 bits per heavy atom. The SMILES string of the molecule is CCN(C(C)Cc1ccc2c(c1)OCO2)C(C)NC(=O)C(N)CCSC. The van der Waals surface area contributed by atoms with Crippen LogP contribution in [0, 0.1) is 0 Å². The molecule has 1 aromatic carbocycles. The number of nitrogens with two attached hydrogens (primary N) is 1. The fourth-order valence-electron chi connectivity index (χ4n) is 3.27. The molecule has 26 heavy (non-hydrogen) atoms. The minimum absolute atomic E-state index is 0.0724. The molecule has 0 radical (unpaired) electrons. The molecule has 0 bridgehead atoms. The molecule has 7 heteroatoms. The summed E-state index contributed by atoms with van der Waals surface area (Å²) >= 11 is 1.70. The molecule has 1 aliphatic heterocycles. The number of ether oxygens (including phenoxy) is 2. The quantitative estimate of drug-likeness (QED) is 0.605. The molecule has 1 heterocycles. The van der Waals surface area contributed by atoms with E-state index in [0.717, 1.165) is 30.2 Å². The Kier molecular flexibility index (Phi) is 8.06. The van der Waals surface area contributed by atoms with Crippen LogP contribution in [0.3, 0.4) is 0 Å². The van der Waals surface area contributed by atoms with E-state index in [-0.39, 0.29) is 24.9 Å². The van der Waals surface area contributed by atoms with E-state index in [2.05, 4.69) is 30.1 Å². The van der Waals surface area contributed by atoms with Gasteiger partial charge in [0.25, 0.3) is 0 Å². The van der Waals surface area contributed by atoms with E-state index in [1.807, 2.05) is 25.3 Å². The molecule has 0 spiro atoms. The predicted octanol–water partition coefficient (Wildman–Crippen LogP) is 2.21. The van der Waals surface area contributed by atoms with E-state index < -0.39 is 6.04 Å². The van der Waals surface area contributed by atoms with Crippen LogP contribution in [0.15, 0.2) is 18.2 Å². The lowest BCUT2D eigenvalue weighted by molar-refractivity contribution is -0.124. The number of rotatable bonds is 10. The highest BCUT2D eigenvalue weighted by Gasteiger charge is 2.23. The van der Waals surface area contributed by atoms with Gasteiger partial charge in [-0.15, -0.1) is 0 Å². The Balaban J connectivity index is 1.92. The van der Waals surface area contributed by atoms with Crippen LogP contribution in [0.2, 0.25) is 0 Å². The number of thioether (sulfide) groups is 1. The third-order valence-electron chi connectivity index (χ3n) is 4.72.